The van der Waals surface area contributed by atoms with E-state index >= 15 is 0 Å². The molecule has 2 amide bonds. The molecule has 0 radical (unpaired) electrons. The number of amides is 2. The molecule has 0 spiro atoms. The maximum absolute atomic E-state index is 13.1. The van der Waals surface area contributed by atoms with E-state index in [9.17, 15) is 9.59 Å². The Morgan fingerprint density at radius 3 is 2.64 bits per heavy atom. The summed E-state index contributed by atoms with van der Waals surface area (Å²) in [4.78, 5) is 27.0. The van der Waals surface area contributed by atoms with E-state index in [-0.39, 0.29) is 30.0 Å². The first-order valence-corrected chi connectivity index (χ1v) is 10.1. The Labute approximate surface area is 165 Å². The lowest BCUT2D eigenvalue weighted by Gasteiger charge is -2.28. The molecule has 2 aromatic heterocycles. The fraction of sp³-hybridized carbons (Fsp3) is 0.571. The average molecular weight is 387 g/mol. The molecular weight excluding hydrogens is 358 g/mol. The van der Waals surface area contributed by atoms with Gasteiger partial charge in [0.1, 0.15) is 5.76 Å². The van der Waals surface area contributed by atoms with Crippen LogP contribution >= 0.6 is 0 Å². The summed E-state index contributed by atoms with van der Waals surface area (Å²) in [6.07, 6.45) is 6.82. The van der Waals surface area contributed by atoms with Crippen molar-refractivity contribution >= 4 is 11.8 Å². The summed E-state index contributed by atoms with van der Waals surface area (Å²) in [6.45, 7) is 5.26. The Hall–Kier alpha value is -2.57. The van der Waals surface area contributed by atoms with Gasteiger partial charge in [-0.25, -0.2) is 0 Å². The predicted octanol–water partition coefficient (Wildman–Crippen LogP) is 3.76. The summed E-state index contributed by atoms with van der Waals surface area (Å²) in [5, 5.41) is 6.69. The first kappa shape index (κ1) is 20.2. The van der Waals surface area contributed by atoms with E-state index in [1.165, 1.54) is 6.42 Å². The van der Waals surface area contributed by atoms with E-state index in [0.717, 1.165) is 31.4 Å². The molecule has 0 aromatic carbocycles. The van der Waals surface area contributed by atoms with Crippen LogP contribution in [-0.2, 0) is 17.9 Å². The lowest BCUT2D eigenvalue weighted by Crippen LogP contribution is -2.36. The third kappa shape index (κ3) is 5.47. The zero-order valence-electron chi connectivity index (χ0n) is 16.6. The summed E-state index contributed by atoms with van der Waals surface area (Å²) in [5.74, 6) is 1.45. The van der Waals surface area contributed by atoms with Gasteiger partial charge in [0.05, 0.1) is 19.4 Å². The Kier molecular flexibility index (Phi) is 6.90. The van der Waals surface area contributed by atoms with Crippen molar-refractivity contribution in [3.63, 3.8) is 0 Å². The highest BCUT2D eigenvalue weighted by Gasteiger charge is 2.28. The van der Waals surface area contributed by atoms with Gasteiger partial charge in [-0.15, -0.1) is 0 Å². The molecule has 0 atom stereocenters. The smallest absolute Gasteiger partial charge is 0.273 e. The molecule has 7 nitrogen and oxygen atoms in total. The normalized spacial score (nSPS) is 15.0. The molecule has 3 rings (SSSR count). The van der Waals surface area contributed by atoms with Crippen molar-refractivity contribution in [1.82, 2.24) is 15.4 Å². The minimum Gasteiger partial charge on any atom is -0.467 e. The fourth-order valence-corrected chi connectivity index (χ4v) is 3.48. The lowest BCUT2D eigenvalue weighted by molar-refractivity contribution is -0.138. The van der Waals surface area contributed by atoms with E-state index in [0.29, 0.717) is 24.8 Å². The maximum atomic E-state index is 13.1. The summed E-state index contributed by atoms with van der Waals surface area (Å²) < 4.78 is 10.8. The highest BCUT2D eigenvalue weighted by atomic mass is 16.5. The topological polar surface area (TPSA) is 88.6 Å². The van der Waals surface area contributed by atoms with Gasteiger partial charge >= 0.3 is 0 Å². The number of nitrogens with zero attached hydrogens (tertiary/aromatic N) is 2. The highest BCUT2D eigenvalue weighted by molar-refractivity contribution is 5.92. The van der Waals surface area contributed by atoms with Crippen LogP contribution in [0.3, 0.4) is 0 Å². The molecule has 1 aliphatic rings. The van der Waals surface area contributed by atoms with Gasteiger partial charge in [-0.2, -0.15) is 0 Å². The van der Waals surface area contributed by atoms with Crippen LogP contribution in [0.1, 0.15) is 68.0 Å². The van der Waals surface area contributed by atoms with Crippen molar-refractivity contribution in [2.75, 3.05) is 6.54 Å². The summed E-state index contributed by atoms with van der Waals surface area (Å²) in [5.41, 5.74) is 0.235. The molecule has 2 heterocycles. The Balaban J connectivity index is 1.68. The minimum atomic E-state index is -0.264. The van der Waals surface area contributed by atoms with Gasteiger partial charge in [-0.05, 0) is 30.9 Å². The van der Waals surface area contributed by atoms with Crippen LogP contribution in [0.25, 0.3) is 0 Å². The number of hydrogen-bond acceptors (Lipinski definition) is 5. The third-order valence-electron chi connectivity index (χ3n) is 5.00. The second-order valence-electron chi connectivity index (χ2n) is 7.89. The van der Waals surface area contributed by atoms with Crippen molar-refractivity contribution in [3.8, 4) is 0 Å². The SMILES string of the molecule is CC(C)CNC(=O)c1cc(CN(Cc2ccco2)C(=O)C2CCCCC2)on1. The molecule has 0 unspecified atom stereocenters. The largest absolute Gasteiger partial charge is 0.467 e. The number of carbonyl (C=O) groups is 2. The van der Waals surface area contributed by atoms with Gasteiger partial charge in [0.2, 0.25) is 5.91 Å². The van der Waals surface area contributed by atoms with E-state index in [1.807, 2.05) is 26.0 Å². The molecule has 0 bridgehead atoms. The molecule has 152 valence electrons. The molecule has 1 fully saturated rings. The number of furan rings is 1. The highest BCUT2D eigenvalue weighted by Crippen LogP contribution is 2.27. The van der Waals surface area contributed by atoms with Crippen molar-refractivity contribution in [2.45, 2.75) is 59.0 Å². The Morgan fingerprint density at radius 2 is 1.96 bits per heavy atom. The second kappa shape index (κ2) is 9.57. The molecule has 28 heavy (non-hydrogen) atoms. The molecule has 1 aliphatic carbocycles. The second-order valence-corrected chi connectivity index (χ2v) is 7.89. The summed E-state index contributed by atoms with van der Waals surface area (Å²) >= 11 is 0. The average Bonchev–Trinajstić information content (AvgIpc) is 3.38. The van der Waals surface area contributed by atoms with Crippen LogP contribution in [0, 0.1) is 11.8 Å². The van der Waals surface area contributed by atoms with Gasteiger partial charge in [-0.1, -0.05) is 38.3 Å². The van der Waals surface area contributed by atoms with Crippen LogP contribution in [-0.4, -0.2) is 28.4 Å². The number of aromatic nitrogens is 1. The van der Waals surface area contributed by atoms with Gasteiger partial charge in [0.15, 0.2) is 11.5 Å². The molecule has 1 N–H and O–H groups in total. The molecule has 1 saturated carbocycles. The molecule has 0 saturated heterocycles. The van der Waals surface area contributed by atoms with E-state index < -0.39 is 0 Å². The monoisotopic (exact) mass is 387 g/mol. The third-order valence-corrected chi connectivity index (χ3v) is 5.00. The zero-order chi connectivity index (χ0) is 19.9. The van der Waals surface area contributed by atoms with Crippen LogP contribution in [0.15, 0.2) is 33.4 Å². The zero-order valence-corrected chi connectivity index (χ0v) is 16.6. The van der Waals surface area contributed by atoms with E-state index in [2.05, 4.69) is 10.5 Å². The summed E-state index contributed by atoms with van der Waals surface area (Å²) in [7, 11) is 0. The van der Waals surface area contributed by atoms with Crippen LogP contribution in [0.4, 0.5) is 0 Å². The van der Waals surface area contributed by atoms with E-state index in [4.69, 9.17) is 8.94 Å². The molecule has 0 aliphatic heterocycles. The van der Waals surface area contributed by atoms with Crippen molar-refractivity contribution in [2.24, 2.45) is 11.8 Å². The first-order valence-electron chi connectivity index (χ1n) is 10.1. The van der Waals surface area contributed by atoms with Gasteiger partial charge in [-0.3, -0.25) is 9.59 Å². The number of rotatable bonds is 8. The van der Waals surface area contributed by atoms with Crippen LogP contribution in [0.5, 0.6) is 0 Å². The number of nitrogens with one attached hydrogen (secondary N) is 1. The number of carbonyl (C=O) groups excluding carboxylic acids is 2. The number of hydrogen-bond donors (Lipinski definition) is 1. The van der Waals surface area contributed by atoms with Crippen molar-refractivity contribution in [3.05, 3.63) is 41.7 Å². The lowest BCUT2D eigenvalue weighted by atomic mass is 9.88. The predicted molar refractivity (Wildman–Crippen MR) is 103 cm³/mol. The first-order chi connectivity index (χ1) is 13.5. The maximum Gasteiger partial charge on any atom is 0.273 e. The van der Waals surface area contributed by atoms with E-state index in [1.54, 1.807) is 17.2 Å². The minimum absolute atomic E-state index is 0.0421. The van der Waals surface area contributed by atoms with Gasteiger partial charge < -0.3 is 19.2 Å². The fourth-order valence-electron chi connectivity index (χ4n) is 3.48. The van der Waals surface area contributed by atoms with Crippen molar-refractivity contribution < 1.29 is 18.5 Å². The molecule has 2 aromatic rings. The van der Waals surface area contributed by atoms with Crippen LogP contribution < -0.4 is 5.32 Å². The standard InChI is InChI=1S/C21H29N3O4/c1-15(2)12-22-20(25)19-11-18(28-23-19)14-24(13-17-9-6-10-27-17)21(26)16-7-4-3-5-8-16/h6,9-11,15-16H,3-5,7-8,12-14H2,1-2H3,(H,22,25). The van der Waals surface area contributed by atoms with Gasteiger partial charge in [0, 0.05) is 18.5 Å². The van der Waals surface area contributed by atoms with Gasteiger partial charge in [0.25, 0.3) is 5.91 Å². The quantitative estimate of drug-likeness (QED) is 0.745. The Bertz CT molecular complexity index is 760. The molecule has 7 heteroatoms. The molecular formula is C21H29N3O4. The van der Waals surface area contributed by atoms with Crippen molar-refractivity contribution in [1.29, 1.82) is 0 Å². The van der Waals surface area contributed by atoms with Crippen LogP contribution in [0.2, 0.25) is 0 Å². The summed E-state index contributed by atoms with van der Waals surface area (Å²) in [6, 6.07) is 5.27. The Morgan fingerprint density at radius 1 is 1.21 bits per heavy atom.